The lowest BCUT2D eigenvalue weighted by Crippen LogP contribution is -1.91. The van der Waals surface area contributed by atoms with Crippen LogP contribution in [0.5, 0.6) is 0 Å². The molecule has 1 aromatic rings. The third kappa shape index (κ3) is 4.34. The van der Waals surface area contributed by atoms with Gasteiger partial charge in [0.05, 0.1) is 0 Å². The molecule has 2 heteroatoms. The van der Waals surface area contributed by atoms with Gasteiger partial charge in [0, 0.05) is 10.5 Å². The van der Waals surface area contributed by atoms with Crippen molar-refractivity contribution >= 4 is 17.5 Å². The van der Waals surface area contributed by atoms with Crippen molar-refractivity contribution in [2.45, 2.75) is 24.7 Å². The van der Waals surface area contributed by atoms with Gasteiger partial charge in [-0.15, -0.1) is 18.3 Å². The van der Waals surface area contributed by atoms with Crippen molar-refractivity contribution in [3.8, 4) is 0 Å². The van der Waals surface area contributed by atoms with Crippen LogP contribution in [0.3, 0.4) is 0 Å². The number of rotatable bonds is 6. The molecule has 1 aromatic carbocycles. The Hall–Kier alpha value is -1.02. The van der Waals surface area contributed by atoms with Gasteiger partial charge in [-0.25, -0.2) is 0 Å². The number of Topliss-reactive ketones (excluding diaryl/α,β-unsaturated/α-hetero) is 1. The molecule has 0 aliphatic rings. The highest BCUT2D eigenvalue weighted by Crippen LogP contribution is 2.20. The first-order valence-electron chi connectivity index (χ1n) is 5.08. The molecule has 80 valence electrons. The summed E-state index contributed by atoms with van der Waals surface area (Å²) in [5, 5.41) is 0. The van der Waals surface area contributed by atoms with Crippen LogP contribution in [-0.2, 0) is 0 Å². The molecule has 1 nitrogen and oxygen atoms in total. The molecule has 0 radical (unpaired) electrons. The highest BCUT2D eigenvalue weighted by Gasteiger charge is 2.00. The highest BCUT2D eigenvalue weighted by atomic mass is 32.2. The second kappa shape index (κ2) is 6.46. The predicted octanol–water partition coefficient (Wildman–Crippen LogP) is 3.95. The summed E-state index contributed by atoms with van der Waals surface area (Å²) in [5.74, 6) is 1.21. The van der Waals surface area contributed by atoms with Crippen molar-refractivity contribution in [2.75, 3.05) is 5.75 Å². The Kier molecular flexibility index (Phi) is 5.19. The van der Waals surface area contributed by atoms with E-state index in [0.29, 0.717) is 0 Å². The molecule has 0 atom stereocenters. The maximum atomic E-state index is 11.2. The van der Waals surface area contributed by atoms with Crippen LogP contribution in [-0.4, -0.2) is 11.5 Å². The van der Waals surface area contributed by atoms with E-state index in [2.05, 4.69) is 6.58 Å². The molecule has 0 aromatic heterocycles. The summed E-state index contributed by atoms with van der Waals surface area (Å²) in [6.07, 6.45) is 4.13. The molecule has 0 spiro atoms. The van der Waals surface area contributed by atoms with Crippen LogP contribution < -0.4 is 0 Å². The van der Waals surface area contributed by atoms with E-state index in [1.807, 2.05) is 30.3 Å². The zero-order valence-corrected chi connectivity index (χ0v) is 9.85. The molecular formula is C13H16OS. The van der Waals surface area contributed by atoms with Gasteiger partial charge >= 0.3 is 0 Å². The van der Waals surface area contributed by atoms with Crippen LogP contribution in [0.25, 0.3) is 0 Å². The van der Waals surface area contributed by atoms with Crippen molar-refractivity contribution in [3.63, 3.8) is 0 Å². The number of carbonyl (C=O) groups excluding carboxylic acids is 1. The SMILES string of the molecule is C=CCCCSc1cccc(C(C)=O)c1. The summed E-state index contributed by atoms with van der Waals surface area (Å²) in [6, 6.07) is 7.80. The maximum Gasteiger partial charge on any atom is 0.159 e. The molecule has 0 bridgehead atoms. The molecule has 0 amide bonds. The van der Waals surface area contributed by atoms with E-state index in [1.165, 1.54) is 4.90 Å². The van der Waals surface area contributed by atoms with E-state index in [4.69, 9.17) is 0 Å². The van der Waals surface area contributed by atoms with Crippen molar-refractivity contribution in [3.05, 3.63) is 42.5 Å². The van der Waals surface area contributed by atoms with Crippen LogP contribution in [0.4, 0.5) is 0 Å². The molecule has 0 aliphatic heterocycles. The van der Waals surface area contributed by atoms with Gasteiger partial charge in [-0.1, -0.05) is 18.2 Å². The molecule has 15 heavy (non-hydrogen) atoms. The van der Waals surface area contributed by atoms with Crippen molar-refractivity contribution < 1.29 is 4.79 Å². The van der Waals surface area contributed by atoms with Crippen molar-refractivity contribution in [2.24, 2.45) is 0 Å². The van der Waals surface area contributed by atoms with E-state index < -0.39 is 0 Å². The van der Waals surface area contributed by atoms with Crippen LogP contribution in [0.2, 0.25) is 0 Å². The first-order valence-corrected chi connectivity index (χ1v) is 6.07. The minimum absolute atomic E-state index is 0.128. The van der Waals surface area contributed by atoms with Gasteiger partial charge in [-0.05, 0) is 37.7 Å². The van der Waals surface area contributed by atoms with Gasteiger partial charge in [0.15, 0.2) is 5.78 Å². The number of carbonyl (C=O) groups is 1. The quantitative estimate of drug-likeness (QED) is 0.312. The lowest BCUT2D eigenvalue weighted by atomic mass is 10.2. The Labute approximate surface area is 95.6 Å². The Balaban J connectivity index is 2.50. The zero-order valence-electron chi connectivity index (χ0n) is 9.03. The summed E-state index contributed by atoms with van der Waals surface area (Å²) in [4.78, 5) is 12.3. The fourth-order valence-corrected chi connectivity index (χ4v) is 2.15. The summed E-state index contributed by atoms with van der Waals surface area (Å²) in [7, 11) is 0. The summed E-state index contributed by atoms with van der Waals surface area (Å²) in [5.41, 5.74) is 0.795. The zero-order chi connectivity index (χ0) is 11.1. The standard InChI is InChI=1S/C13H16OS/c1-3-4-5-9-15-13-8-6-7-12(10-13)11(2)14/h3,6-8,10H,1,4-5,9H2,2H3. The minimum Gasteiger partial charge on any atom is -0.295 e. The number of benzene rings is 1. The van der Waals surface area contributed by atoms with Gasteiger partial charge in [-0.3, -0.25) is 4.79 Å². The number of allylic oxidation sites excluding steroid dienone is 1. The van der Waals surface area contributed by atoms with E-state index in [0.717, 1.165) is 24.2 Å². The number of hydrogen-bond acceptors (Lipinski definition) is 2. The normalized spacial score (nSPS) is 9.93. The number of hydrogen-bond donors (Lipinski definition) is 0. The Morgan fingerprint density at radius 2 is 2.33 bits per heavy atom. The molecule has 0 fully saturated rings. The predicted molar refractivity (Wildman–Crippen MR) is 66.6 cm³/mol. The molecule has 0 aliphatic carbocycles. The second-order valence-corrected chi connectivity index (χ2v) is 4.53. The van der Waals surface area contributed by atoms with Gasteiger partial charge in [0.25, 0.3) is 0 Å². The van der Waals surface area contributed by atoms with Gasteiger partial charge in [-0.2, -0.15) is 0 Å². The van der Waals surface area contributed by atoms with E-state index in [1.54, 1.807) is 18.7 Å². The molecule has 1 rings (SSSR count). The summed E-state index contributed by atoms with van der Waals surface area (Å²) < 4.78 is 0. The topological polar surface area (TPSA) is 17.1 Å². The fourth-order valence-electron chi connectivity index (χ4n) is 1.22. The van der Waals surface area contributed by atoms with E-state index >= 15 is 0 Å². The van der Waals surface area contributed by atoms with E-state index in [-0.39, 0.29) is 5.78 Å². The fraction of sp³-hybridized carbons (Fsp3) is 0.308. The average Bonchev–Trinajstić information content (AvgIpc) is 2.25. The van der Waals surface area contributed by atoms with E-state index in [9.17, 15) is 4.79 Å². The van der Waals surface area contributed by atoms with Crippen LogP contribution in [0.15, 0.2) is 41.8 Å². The number of ketones is 1. The Morgan fingerprint density at radius 3 is 3.00 bits per heavy atom. The first-order chi connectivity index (χ1) is 7.24. The Bertz CT molecular complexity index is 344. The first kappa shape index (κ1) is 12.1. The molecule has 0 N–H and O–H groups in total. The van der Waals surface area contributed by atoms with Crippen LogP contribution in [0, 0.1) is 0 Å². The van der Waals surface area contributed by atoms with Gasteiger partial charge in [0.1, 0.15) is 0 Å². The molecule has 0 saturated heterocycles. The van der Waals surface area contributed by atoms with Crippen LogP contribution >= 0.6 is 11.8 Å². The third-order valence-electron chi connectivity index (χ3n) is 2.06. The Morgan fingerprint density at radius 1 is 1.53 bits per heavy atom. The largest absolute Gasteiger partial charge is 0.295 e. The van der Waals surface area contributed by atoms with Gasteiger partial charge < -0.3 is 0 Å². The van der Waals surface area contributed by atoms with Crippen molar-refractivity contribution in [1.29, 1.82) is 0 Å². The number of thioether (sulfide) groups is 1. The summed E-state index contributed by atoms with van der Waals surface area (Å²) in [6.45, 7) is 5.29. The number of unbranched alkanes of at least 4 members (excludes halogenated alkanes) is 1. The molecule has 0 saturated carbocycles. The monoisotopic (exact) mass is 220 g/mol. The average molecular weight is 220 g/mol. The molecule has 0 unspecified atom stereocenters. The third-order valence-corrected chi connectivity index (χ3v) is 3.14. The highest BCUT2D eigenvalue weighted by molar-refractivity contribution is 7.99. The van der Waals surface area contributed by atoms with Crippen molar-refractivity contribution in [1.82, 2.24) is 0 Å². The molecule has 0 heterocycles. The van der Waals surface area contributed by atoms with Crippen LogP contribution in [0.1, 0.15) is 30.1 Å². The maximum absolute atomic E-state index is 11.2. The smallest absolute Gasteiger partial charge is 0.159 e. The molecular weight excluding hydrogens is 204 g/mol. The minimum atomic E-state index is 0.128. The lowest BCUT2D eigenvalue weighted by Gasteiger charge is -2.02. The second-order valence-electron chi connectivity index (χ2n) is 3.36. The lowest BCUT2D eigenvalue weighted by molar-refractivity contribution is 0.101. The summed E-state index contributed by atoms with van der Waals surface area (Å²) >= 11 is 1.79. The van der Waals surface area contributed by atoms with Gasteiger partial charge in [0.2, 0.25) is 0 Å².